The third kappa shape index (κ3) is 3.45. The molecule has 1 fully saturated rings. The van der Waals surface area contributed by atoms with Gasteiger partial charge in [-0.15, -0.1) is 11.3 Å². The lowest BCUT2D eigenvalue weighted by Crippen LogP contribution is -2.49. The molecule has 0 aromatic carbocycles. The molecule has 3 rings (SSSR count). The first kappa shape index (κ1) is 16.1. The van der Waals surface area contributed by atoms with Crippen molar-refractivity contribution < 1.29 is 4.79 Å². The third-order valence-corrected chi connectivity index (χ3v) is 5.06. The van der Waals surface area contributed by atoms with Crippen molar-refractivity contribution in [2.75, 3.05) is 13.1 Å². The van der Waals surface area contributed by atoms with E-state index in [0.717, 1.165) is 36.5 Å². The van der Waals surface area contributed by atoms with Gasteiger partial charge in [0.1, 0.15) is 10.7 Å². The third-order valence-electron chi connectivity index (χ3n) is 4.17. The lowest BCUT2D eigenvalue weighted by Gasteiger charge is -2.37. The maximum atomic E-state index is 13.0. The standard InChI is InChI=1S/C16H23N5OS/c1-11(2)21(13-4-6-17-7-5-13)16(22)14-10-23-15(19-14)12-8-18-20(3)9-12/h8-11,13,17H,4-7H2,1-3H3. The molecule has 6 nitrogen and oxygen atoms in total. The van der Waals surface area contributed by atoms with Gasteiger partial charge in [-0.3, -0.25) is 9.48 Å². The van der Waals surface area contributed by atoms with Crippen LogP contribution in [0.5, 0.6) is 0 Å². The summed E-state index contributed by atoms with van der Waals surface area (Å²) in [5.41, 5.74) is 1.50. The van der Waals surface area contributed by atoms with E-state index in [9.17, 15) is 4.79 Å². The number of nitrogens with zero attached hydrogens (tertiary/aromatic N) is 4. The van der Waals surface area contributed by atoms with Gasteiger partial charge in [0, 0.05) is 36.3 Å². The molecule has 3 heterocycles. The van der Waals surface area contributed by atoms with E-state index in [1.165, 1.54) is 11.3 Å². The first-order chi connectivity index (χ1) is 11.1. The van der Waals surface area contributed by atoms with Gasteiger partial charge in [-0.05, 0) is 39.8 Å². The molecule has 0 spiro atoms. The summed E-state index contributed by atoms with van der Waals surface area (Å²) in [5.74, 6) is 0.0401. The number of carbonyl (C=O) groups excluding carboxylic acids is 1. The molecule has 1 N–H and O–H groups in total. The first-order valence-corrected chi connectivity index (χ1v) is 8.92. The largest absolute Gasteiger partial charge is 0.332 e. The van der Waals surface area contributed by atoms with Crippen LogP contribution in [0.25, 0.3) is 10.6 Å². The number of aromatic nitrogens is 3. The molecule has 23 heavy (non-hydrogen) atoms. The number of piperidine rings is 1. The molecule has 0 radical (unpaired) electrons. The topological polar surface area (TPSA) is 63.1 Å². The average molecular weight is 333 g/mol. The Kier molecular flexibility index (Phi) is 4.77. The van der Waals surface area contributed by atoms with E-state index in [1.807, 2.05) is 23.5 Å². The Morgan fingerprint density at radius 1 is 1.43 bits per heavy atom. The lowest BCUT2D eigenvalue weighted by molar-refractivity contribution is 0.0560. The zero-order valence-electron chi connectivity index (χ0n) is 13.8. The zero-order chi connectivity index (χ0) is 16.4. The second kappa shape index (κ2) is 6.80. The van der Waals surface area contributed by atoms with Crippen LogP contribution in [0.15, 0.2) is 17.8 Å². The van der Waals surface area contributed by atoms with Crippen molar-refractivity contribution in [3.8, 4) is 10.6 Å². The van der Waals surface area contributed by atoms with Crippen LogP contribution in [0.3, 0.4) is 0 Å². The fraction of sp³-hybridized carbons (Fsp3) is 0.562. The minimum atomic E-state index is 0.0401. The molecule has 0 unspecified atom stereocenters. The van der Waals surface area contributed by atoms with Crippen LogP contribution in [-0.2, 0) is 7.05 Å². The molecule has 2 aromatic heterocycles. The highest BCUT2D eigenvalue weighted by atomic mass is 32.1. The van der Waals surface area contributed by atoms with E-state index in [-0.39, 0.29) is 11.9 Å². The van der Waals surface area contributed by atoms with E-state index in [0.29, 0.717) is 11.7 Å². The molecular weight excluding hydrogens is 310 g/mol. The number of thiazole rings is 1. The Bertz CT molecular complexity index is 672. The van der Waals surface area contributed by atoms with E-state index >= 15 is 0 Å². The predicted molar refractivity (Wildman–Crippen MR) is 91.5 cm³/mol. The Labute approximate surface area is 140 Å². The molecule has 0 atom stereocenters. The van der Waals surface area contributed by atoms with Gasteiger partial charge < -0.3 is 10.2 Å². The molecule has 124 valence electrons. The number of hydrogen-bond donors (Lipinski definition) is 1. The Morgan fingerprint density at radius 3 is 2.78 bits per heavy atom. The van der Waals surface area contributed by atoms with Crippen LogP contribution >= 0.6 is 11.3 Å². The van der Waals surface area contributed by atoms with Gasteiger partial charge in [-0.1, -0.05) is 0 Å². The van der Waals surface area contributed by atoms with E-state index in [2.05, 4.69) is 29.2 Å². The normalized spacial score (nSPS) is 16.0. The summed E-state index contributed by atoms with van der Waals surface area (Å²) in [6.07, 6.45) is 5.70. The van der Waals surface area contributed by atoms with Gasteiger partial charge in [0.25, 0.3) is 5.91 Å². The minimum Gasteiger partial charge on any atom is -0.332 e. The van der Waals surface area contributed by atoms with Crippen molar-refractivity contribution in [2.45, 2.75) is 38.8 Å². The Balaban J connectivity index is 1.81. The molecule has 1 saturated heterocycles. The highest BCUT2D eigenvalue weighted by Gasteiger charge is 2.29. The molecule has 1 aliphatic heterocycles. The average Bonchev–Trinajstić information content (AvgIpc) is 3.16. The van der Waals surface area contributed by atoms with Crippen LogP contribution in [0.1, 0.15) is 37.2 Å². The quantitative estimate of drug-likeness (QED) is 0.931. The van der Waals surface area contributed by atoms with Crippen LogP contribution in [-0.4, -0.2) is 50.7 Å². The summed E-state index contributed by atoms with van der Waals surface area (Å²) in [5, 5.41) is 10.2. The van der Waals surface area contributed by atoms with Gasteiger partial charge in [0.15, 0.2) is 0 Å². The molecule has 2 aromatic rings. The second-order valence-electron chi connectivity index (χ2n) is 6.23. The number of carbonyl (C=O) groups is 1. The molecular formula is C16H23N5OS. The van der Waals surface area contributed by atoms with Crippen molar-refractivity contribution in [3.63, 3.8) is 0 Å². The summed E-state index contributed by atoms with van der Waals surface area (Å²) in [4.78, 5) is 19.5. The van der Waals surface area contributed by atoms with Crippen LogP contribution < -0.4 is 5.32 Å². The summed E-state index contributed by atoms with van der Waals surface area (Å²) >= 11 is 1.50. The zero-order valence-corrected chi connectivity index (χ0v) is 14.6. The number of aryl methyl sites for hydroxylation is 1. The van der Waals surface area contributed by atoms with Gasteiger partial charge in [0.05, 0.1) is 6.20 Å². The number of rotatable bonds is 4. The van der Waals surface area contributed by atoms with E-state index < -0.39 is 0 Å². The number of nitrogens with one attached hydrogen (secondary N) is 1. The van der Waals surface area contributed by atoms with Crippen molar-refractivity contribution in [2.24, 2.45) is 7.05 Å². The first-order valence-electron chi connectivity index (χ1n) is 8.04. The van der Waals surface area contributed by atoms with Crippen LogP contribution in [0.2, 0.25) is 0 Å². The highest BCUT2D eigenvalue weighted by molar-refractivity contribution is 7.13. The smallest absolute Gasteiger partial charge is 0.273 e. The minimum absolute atomic E-state index is 0.0401. The maximum absolute atomic E-state index is 13.0. The molecule has 0 aliphatic carbocycles. The fourth-order valence-corrected chi connectivity index (χ4v) is 3.84. The monoisotopic (exact) mass is 333 g/mol. The molecule has 1 amide bonds. The van der Waals surface area contributed by atoms with Gasteiger partial charge in [0.2, 0.25) is 0 Å². The van der Waals surface area contributed by atoms with Crippen molar-refractivity contribution >= 4 is 17.2 Å². The second-order valence-corrected chi connectivity index (χ2v) is 7.09. The summed E-state index contributed by atoms with van der Waals surface area (Å²) < 4.78 is 1.74. The molecule has 0 bridgehead atoms. The molecule has 0 saturated carbocycles. The van der Waals surface area contributed by atoms with E-state index in [4.69, 9.17) is 0 Å². The summed E-state index contributed by atoms with van der Waals surface area (Å²) in [6, 6.07) is 0.474. The number of hydrogen-bond acceptors (Lipinski definition) is 5. The van der Waals surface area contributed by atoms with Crippen molar-refractivity contribution in [1.82, 2.24) is 25.0 Å². The van der Waals surface area contributed by atoms with Gasteiger partial charge in [-0.2, -0.15) is 5.10 Å². The highest BCUT2D eigenvalue weighted by Crippen LogP contribution is 2.25. The van der Waals surface area contributed by atoms with Crippen LogP contribution in [0, 0.1) is 0 Å². The number of amides is 1. The molecule has 7 heteroatoms. The molecule has 1 aliphatic rings. The SMILES string of the molecule is CC(C)N(C(=O)c1csc(-c2cnn(C)c2)n1)C1CCNCC1. The Hall–Kier alpha value is -1.73. The van der Waals surface area contributed by atoms with E-state index in [1.54, 1.807) is 10.9 Å². The van der Waals surface area contributed by atoms with Crippen molar-refractivity contribution in [3.05, 3.63) is 23.5 Å². The predicted octanol–water partition coefficient (Wildman–Crippen LogP) is 2.15. The van der Waals surface area contributed by atoms with Crippen molar-refractivity contribution in [1.29, 1.82) is 0 Å². The summed E-state index contributed by atoms with van der Waals surface area (Å²) in [7, 11) is 1.88. The summed E-state index contributed by atoms with van der Waals surface area (Å²) in [6.45, 7) is 6.10. The Morgan fingerprint density at radius 2 is 2.17 bits per heavy atom. The lowest BCUT2D eigenvalue weighted by atomic mass is 10.0. The van der Waals surface area contributed by atoms with Gasteiger partial charge >= 0.3 is 0 Å². The fourth-order valence-electron chi connectivity index (χ4n) is 3.08. The maximum Gasteiger partial charge on any atom is 0.273 e. The van der Waals surface area contributed by atoms with Gasteiger partial charge in [-0.25, -0.2) is 4.98 Å². The van der Waals surface area contributed by atoms with Crippen LogP contribution in [0.4, 0.5) is 0 Å².